The number of hydrogen-bond donors (Lipinski definition) is 0. The number of halogens is 6. The summed E-state index contributed by atoms with van der Waals surface area (Å²) in [7, 11) is 0. The van der Waals surface area contributed by atoms with Crippen LogP contribution in [0.3, 0.4) is 0 Å². The van der Waals surface area contributed by atoms with Crippen LogP contribution in [0.4, 0.5) is 32.0 Å². The Morgan fingerprint density at radius 3 is 1.65 bits per heavy atom. The summed E-state index contributed by atoms with van der Waals surface area (Å²) in [6.45, 7) is 0.0366. The number of nitrogens with zero attached hydrogens (tertiary/aromatic N) is 2. The second kappa shape index (κ2) is 10.0. The van der Waals surface area contributed by atoms with Gasteiger partial charge in [0.2, 0.25) is 0 Å². The zero-order chi connectivity index (χ0) is 26.8. The van der Waals surface area contributed by atoms with Crippen molar-refractivity contribution >= 4 is 28.2 Å². The number of fused-ring (bicyclic) bond motifs is 1. The van der Waals surface area contributed by atoms with Crippen molar-refractivity contribution in [2.45, 2.75) is 25.4 Å². The molecule has 37 heavy (non-hydrogen) atoms. The van der Waals surface area contributed by atoms with Gasteiger partial charge < -0.3 is 4.90 Å². The van der Waals surface area contributed by atoms with Crippen molar-refractivity contribution in [3.63, 3.8) is 0 Å². The smallest absolute Gasteiger partial charge is 0.362 e. The van der Waals surface area contributed by atoms with Gasteiger partial charge in [-0.25, -0.2) is 0 Å². The average molecular weight is 516 g/mol. The second-order valence-electron chi connectivity index (χ2n) is 8.20. The van der Waals surface area contributed by atoms with Crippen molar-refractivity contribution in [2.75, 3.05) is 4.90 Å². The van der Waals surface area contributed by atoms with E-state index in [0.29, 0.717) is 17.2 Å². The van der Waals surface area contributed by atoms with Gasteiger partial charge in [-0.2, -0.15) is 26.3 Å². The van der Waals surface area contributed by atoms with E-state index >= 15 is 0 Å². The van der Waals surface area contributed by atoms with E-state index in [1.807, 2.05) is 0 Å². The molecule has 4 rings (SSSR count). The van der Waals surface area contributed by atoms with E-state index in [-0.39, 0.29) is 24.2 Å². The molecular formula is C27H18F6N2O2. The highest BCUT2D eigenvalue weighted by molar-refractivity contribution is 6.18. The number of aromatic nitrogens is 1. The first kappa shape index (κ1) is 25.9. The van der Waals surface area contributed by atoms with Gasteiger partial charge in [-0.05, 0) is 29.3 Å². The highest BCUT2D eigenvalue weighted by Crippen LogP contribution is 2.39. The van der Waals surface area contributed by atoms with E-state index in [2.05, 4.69) is 4.98 Å². The maximum atomic E-state index is 13.7. The fourth-order valence-corrected chi connectivity index (χ4v) is 4.05. The summed E-state index contributed by atoms with van der Waals surface area (Å²) < 4.78 is 81.2. The van der Waals surface area contributed by atoms with Gasteiger partial charge in [0.1, 0.15) is 0 Å². The van der Waals surface area contributed by atoms with Crippen LogP contribution < -0.4 is 4.90 Å². The fourth-order valence-electron chi connectivity index (χ4n) is 4.05. The topological polar surface area (TPSA) is 50.3 Å². The highest BCUT2D eigenvalue weighted by Gasteiger charge is 2.45. The van der Waals surface area contributed by atoms with E-state index in [9.17, 15) is 35.9 Å². The lowest BCUT2D eigenvalue weighted by Crippen LogP contribution is -2.30. The molecule has 1 aromatic heterocycles. The monoisotopic (exact) mass is 516 g/mol. The van der Waals surface area contributed by atoms with Crippen molar-refractivity contribution in [1.29, 1.82) is 0 Å². The third-order valence-electron chi connectivity index (χ3n) is 5.61. The van der Waals surface area contributed by atoms with E-state index in [0.717, 1.165) is 6.20 Å². The van der Waals surface area contributed by atoms with Gasteiger partial charge >= 0.3 is 12.4 Å². The Hall–Kier alpha value is -4.21. The quantitative estimate of drug-likeness (QED) is 0.197. The maximum Gasteiger partial charge on any atom is 0.454 e. The number of alkyl halides is 6. The number of pyridine rings is 1. The number of benzene rings is 3. The lowest BCUT2D eigenvalue weighted by atomic mass is 9.95. The molecule has 0 atom stereocenters. The molecule has 0 spiro atoms. The van der Waals surface area contributed by atoms with Crippen LogP contribution in [0.15, 0.2) is 85.1 Å². The standard InChI is InChI=1S/C27H18F6N2O2/c28-26(29,30)24(36)20-14-21(25(37)27(31,32)33)23(19-12-7-13-34-22(19)20)35(15-17-8-3-1-4-9-17)16-18-10-5-2-6-11-18/h1-14H,15-16H2. The highest BCUT2D eigenvalue weighted by atomic mass is 19.4. The van der Waals surface area contributed by atoms with Crippen LogP contribution in [0.5, 0.6) is 0 Å². The first-order valence-electron chi connectivity index (χ1n) is 10.9. The first-order chi connectivity index (χ1) is 17.5. The number of Topliss-reactive ketones (excluding diaryl/α,β-unsaturated/α-hetero) is 2. The Morgan fingerprint density at radius 1 is 0.676 bits per heavy atom. The van der Waals surface area contributed by atoms with Crippen molar-refractivity contribution in [2.24, 2.45) is 0 Å². The summed E-state index contributed by atoms with van der Waals surface area (Å²) in [5, 5.41) is -0.183. The first-order valence-corrected chi connectivity index (χ1v) is 10.9. The molecule has 0 saturated carbocycles. The second-order valence-corrected chi connectivity index (χ2v) is 8.20. The summed E-state index contributed by atoms with van der Waals surface area (Å²) in [4.78, 5) is 30.2. The maximum absolute atomic E-state index is 13.7. The van der Waals surface area contributed by atoms with E-state index in [4.69, 9.17) is 0 Å². The van der Waals surface area contributed by atoms with E-state index in [1.165, 1.54) is 17.0 Å². The zero-order valence-corrected chi connectivity index (χ0v) is 19.0. The number of carbonyl (C=O) groups excluding carboxylic acids is 2. The minimum atomic E-state index is -5.41. The molecule has 0 unspecified atom stereocenters. The third kappa shape index (κ3) is 5.63. The Labute approximate surface area is 207 Å². The molecule has 0 bridgehead atoms. The molecule has 0 aliphatic carbocycles. The molecule has 0 aliphatic heterocycles. The van der Waals surface area contributed by atoms with Gasteiger partial charge in [0.25, 0.3) is 11.6 Å². The zero-order valence-electron chi connectivity index (χ0n) is 19.0. The minimum Gasteiger partial charge on any atom is -0.362 e. The Morgan fingerprint density at radius 2 is 1.16 bits per heavy atom. The molecular weight excluding hydrogens is 498 g/mol. The van der Waals surface area contributed by atoms with Crippen LogP contribution in [-0.2, 0) is 13.1 Å². The fraction of sp³-hybridized carbons (Fsp3) is 0.148. The minimum absolute atomic E-state index is 0.0183. The number of hydrogen-bond acceptors (Lipinski definition) is 4. The van der Waals surface area contributed by atoms with Crippen molar-refractivity contribution in [3.05, 3.63) is 107 Å². The SMILES string of the molecule is O=C(c1cc(C(=O)C(F)(F)F)c2ncccc2c1N(Cc1ccccc1)Cc1ccccc1)C(F)(F)F. The van der Waals surface area contributed by atoms with Crippen LogP contribution in [0, 0.1) is 0 Å². The summed E-state index contributed by atoms with van der Waals surface area (Å²) in [5.41, 5.74) is -1.56. The third-order valence-corrected chi connectivity index (χ3v) is 5.61. The molecule has 0 N–H and O–H groups in total. The molecule has 1 heterocycles. The molecule has 190 valence electrons. The van der Waals surface area contributed by atoms with E-state index < -0.39 is 40.6 Å². The number of anilines is 1. The molecule has 0 fully saturated rings. The van der Waals surface area contributed by atoms with E-state index in [1.54, 1.807) is 60.7 Å². The van der Waals surface area contributed by atoms with Gasteiger partial charge in [0.15, 0.2) is 0 Å². The lowest BCUT2D eigenvalue weighted by Gasteiger charge is -2.29. The van der Waals surface area contributed by atoms with Crippen molar-refractivity contribution in [1.82, 2.24) is 4.98 Å². The van der Waals surface area contributed by atoms with Gasteiger partial charge in [0.05, 0.1) is 22.3 Å². The van der Waals surface area contributed by atoms with Crippen LogP contribution >= 0.6 is 0 Å². The van der Waals surface area contributed by atoms with Crippen LogP contribution in [-0.4, -0.2) is 28.9 Å². The molecule has 10 heteroatoms. The molecule has 0 amide bonds. The summed E-state index contributed by atoms with van der Waals surface area (Å²) in [5.74, 6) is -4.76. The Kier molecular flexibility index (Phi) is 7.02. The predicted octanol–water partition coefficient (Wildman–Crippen LogP) is 6.93. The van der Waals surface area contributed by atoms with Gasteiger partial charge in [-0.3, -0.25) is 14.6 Å². The van der Waals surface area contributed by atoms with Crippen molar-refractivity contribution < 1.29 is 35.9 Å². The predicted molar refractivity (Wildman–Crippen MR) is 125 cm³/mol. The Bertz CT molecular complexity index is 1390. The summed E-state index contributed by atoms with van der Waals surface area (Å²) >= 11 is 0. The molecule has 0 aliphatic rings. The molecule has 4 aromatic rings. The summed E-state index contributed by atoms with van der Waals surface area (Å²) in [6.07, 6.45) is -9.67. The van der Waals surface area contributed by atoms with Gasteiger partial charge in [-0.1, -0.05) is 60.7 Å². The van der Waals surface area contributed by atoms with Crippen LogP contribution in [0.1, 0.15) is 31.8 Å². The van der Waals surface area contributed by atoms with Crippen LogP contribution in [0.25, 0.3) is 10.9 Å². The van der Waals surface area contributed by atoms with Gasteiger partial charge in [0, 0.05) is 24.7 Å². The number of rotatable bonds is 7. The average Bonchev–Trinajstić information content (AvgIpc) is 2.86. The van der Waals surface area contributed by atoms with Crippen molar-refractivity contribution in [3.8, 4) is 0 Å². The Balaban J connectivity index is 2.04. The lowest BCUT2D eigenvalue weighted by molar-refractivity contribution is -0.0886. The number of carbonyl (C=O) groups is 2. The molecule has 0 radical (unpaired) electrons. The molecule has 0 saturated heterocycles. The molecule has 3 aromatic carbocycles. The number of ketones is 2. The normalized spacial score (nSPS) is 11.9. The summed E-state index contributed by atoms with van der Waals surface area (Å²) in [6, 6.07) is 20.2. The van der Waals surface area contributed by atoms with Crippen LogP contribution in [0.2, 0.25) is 0 Å². The molecule has 4 nitrogen and oxygen atoms in total. The largest absolute Gasteiger partial charge is 0.454 e. The van der Waals surface area contributed by atoms with Gasteiger partial charge in [-0.15, -0.1) is 0 Å².